The van der Waals surface area contributed by atoms with Gasteiger partial charge in [0.15, 0.2) is 0 Å². The van der Waals surface area contributed by atoms with Gasteiger partial charge in [0.1, 0.15) is 0 Å². The molecule has 0 aliphatic rings. The van der Waals surface area contributed by atoms with Gasteiger partial charge in [0.2, 0.25) is 0 Å². The van der Waals surface area contributed by atoms with Crippen molar-refractivity contribution in [1.29, 1.82) is 0 Å². The molecule has 0 rings (SSSR count). The van der Waals surface area contributed by atoms with Crippen molar-refractivity contribution in [2.75, 3.05) is 13.7 Å². The molecule has 0 aliphatic heterocycles. The Bertz CT molecular complexity index is 132. The maximum absolute atomic E-state index is 10.3. The summed E-state index contributed by atoms with van der Waals surface area (Å²) < 4.78 is 5.00. The van der Waals surface area contributed by atoms with Crippen LogP contribution >= 0.6 is 0 Å². The van der Waals surface area contributed by atoms with Crippen molar-refractivity contribution < 1.29 is 14.6 Å². The second-order valence-electron chi connectivity index (χ2n) is 3.39. The fraction of sp³-hybridized carbons (Fsp3) is 0.889. The molecule has 0 aromatic rings. The van der Waals surface area contributed by atoms with Gasteiger partial charge in [-0.2, -0.15) is 0 Å². The minimum atomic E-state index is -0.725. The first-order valence-electron chi connectivity index (χ1n) is 4.28. The average molecular weight is 174 g/mol. The van der Waals surface area contributed by atoms with Crippen LogP contribution < -0.4 is 0 Å². The molecule has 0 saturated carbocycles. The van der Waals surface area contributed by atoms with E-state index in [9.17, 15) is 4.79 Å². The van der Waals surface area contributed by atoms with Crippen molar-refractivity contribution in [1.82, 2.24) is 0 Å². The lowest BCUT2D eigenvalue weighted by molar-refractivity contribution is -0.137. The quantitative estimate of drug-likeness (QED) is 0.667. The van der Waals surface area contributed by atoms with E-state index >= 15 is 0 Å². The van der Waals surface area contributed by atoms with Gasteiger partial charge in [0, 0.05) is 20.1 Å². The Balaban J connectivity index is 3.70. The number of aliphatic carboxylic acids is 1. The minimum Gasteiger partial charge on any atom is -0.481 e. The van der Waals surface area contributed by atoms with Gasteiger partial charge in [-0.3, -0.25) is 4.79 Å². The van der Waals surface area contributed by atoms with Gasteiger partial charge < -0.3 is 9.84 Å². The van der Waals surface area contributed by atoms with Crippen LogP contribution in [0.3, 0.4) is 0 Å². The summed E-state index contributed by atoms with van der Waals surface area (Å²) in [7, 11) is 1.65. The molecular formula is C9H18O3. The molecule has 3 nitrogen and oxygen atoms in total. The van der Waals surface area contributed by atoms with Gasteiger partial charge in [0.05, 0.1) is 0 Å². The van der Waals surface area contributed by atoms with E-state index in [1.807, 2.05) is 0 Å². The first-order chi connectivity index (χ1) is 5.57. The summed E-state index contributed by atoms with van der Waals surface area (Å²) in [5, 5.41) is 8.47. The zero-order chi connectivity index (χ0) is 9.56. The van der Waals surface area contributed by atoms with Crippen molar-refractivity contribution in [2.24, 2.45) is 11.8 Å². The van der Waals surface area contributed by atoms with Crippen LogP contribution in [0.4, 0.5) is 0 Å². The van der Waals surface area contributed by atoms with E-state index in [0.29, 0.717) is 24.9 Å². The highest BCUT2D eigenvalue weighted by molar-refractivity contribution is 5.66. The summed E-state index contributed by atoms with van der Waals surface area (Å²) in [5.74, 6) is 0.132. The van der Waals surface area contributed by atoms with E-state index in [1.54, 1.807) is 7.11 Å². The third kappa shape index (κ3) is 5.13. The van der Waals surface area contributed by atoms with E-state index in [-0.39, 0.29) is 6.42 Å². The highest BCUT2D eigenvalue weighted by Crippen LogP contribution is 2.17. The van der Waals surface area contributed by atoms with Crippen LogP contribution in [0.15, 0.2) is 0 Å². The Morgan fingerprint density at radius 2 is 2.08 bits per heavy atom. The summed E-state index contributed by atoms with van der Waals surface area (Å²) in [6.45, 7) is 4.84. The monoisotopic (exact) mass is 174 g/mol. The summed E-state index contributed by atoms with van der Waals surface area (Å²) in [6.07, 6.45) is 0.951. The Kier molecular flexibility index (Phi) is 5.72. The molecule has 0 amide bonds. The molecule has 0 saturated heterocycles. The fourth-order valence-electron chi connectivity index (χ4n) is 1.13. The topological polar surface area (TPSA) is 46.5 Å². The summed E-state index contributed by atoms with van der Waals surface area (Å²) in [6, 6.07) is 0. The SMILES string of the molecule is COCC(CCC(=O)O)C(C)C. The molecule has 0 aromatic carbocycles. The zero-order valence-electron chi connectivity index (χ0n) is 8.04. The molecule has 0 bridgehead atoms. The average Bonchev–Trinajstić information content (AvgIpc) is 1.96. The lowest BCUT2D eigenvalue weighted by Crippen LogP contribution is -2.16. The first-order valence-corrected chi connectivity index (χ1v) is 4.28. The van der Waals surface area contributed by atoms with E-state index in [2.05, 4.69) is 13.8 Å². The fourth-order valence-corrected chi connectivity index (χ4v) is 1.13. The largest absolute Gasteiger partial charge is 0.481 e. The molecule has 0 radical (unpaired) electrons. The lowest BCUT2D eigenvalue weighted by Gasteiger charge is -2.18. The molecule has 1 unspecified atom stereocenters. The second kappa shape index (κ2) is 6.00. The van der Waals surface area contributed by atoms with E-state index in [0.717, 1.165) is 0 Å². The number of hydrogen-bond donors (Lipinski definition) is 1. The molecule has 0 spiro atoms. The highest BCUT2D eigenvalue weighted by Gasteiger charge is 2.14. The molecular weight excluding hydrogens is 156 g/mol. The van der Waals surface area contributed by atoms with Crippen LogP contribution in [0.5, 0.6) is 0 Å². The molecule has 0 aliphatic carbocycles. The number of rotatable bonds is 6. The molecule has 3 heteroatoms. The summed E-state index contributed by atoms with van der Waals surface area (Å²) in [4.78, 5) is 10.3. The van der Waals surface area contributed by atoms with Crippen LogP contribution in [-0.2, 0) is 9.53 Å². The van der Waals surface area contributed by atoms with Crippen LogP contribution in [0.2, 0.25) is 0 Å². The van der Waals surface area contributed by atoms with Gasteiger partial charge in [-0.1, -0.05) is 13.8 Å². The van der Waals surface area contributed by atoms with Crippen LogP contribution in [0, 0.1) is 11.8 Å². The van der Waals surface area contributed by atoms with E-state index in [1.165, 1.54) is 0 Å². The molecule has 72 valence electrons. The van der Waals surface area contributed by atoms with Crippen molar-refractivity contribution in [3.05, 3.63) is 0 Å². The van der Waals surface area contributed by atoms with Gasteiger partial charge in [-0.15, -0.1) is 0 Å². The Labute approximate surface area is 73.7 Å². The summed E-state index contributed by atoms with van der Waals surface area (Å²) >= 11 is 0. The van der Waals surface area contributed by atoms with Crippen LogP contribution in [0.25, 0.3) is 0 Å². The number of carboxylic acids is 1. The molecule has 0 aromatic heterocycles. The first kappa shape index (κ1) is 11.4. The number of hydrogen-bond acceptors (Lipinski definition) is 2. The number of carboxylic acid groups (broad SMARTS) is 1. The van der Waals surface area contributed by atoms with Gasteiger partial charge in [-0.25, -0.2) is 0 Å². The van der Waals surface area contributed by atoms with Crippen molar-refractivity contribution >= 4 is 5.97 Å². The molecule has 0 fully saturated rings. The zero-order valence-corrected chi connectivity index (χ0v) is 8.04. The number of methoxy groups -OCH3 is 1. The van der Waals surface area contributed by atoms with Gasteiger partial charge >= 0.3 is 5.97 Å². The number of ether oxygens (including phenoxy) is 1. The van der Waals surface area contributed by atoms with E-state index < -0.39 is 5.97 Å². The molecule has 1 N–H and O–H groups in total. The normalized spacial score (nSPS) is 13.3. The standard InChI is InChI=1S/C9H18O3/c1-7(2)8(6-12-3)4-5-9(10)11/h7-8H,4-6H2,1-3H3,(H,10,11). The van der Waals surface area contributed by atoms with Crippen molar-refractivity contribution in [3.63, 3.8) is 0 Å². The highest BCUT2D eigenvalue weighted by atomic mass is 16.5. The maximum atomic E-state index is 10.3. The third-order valence-corrected chi connectivity index (χ3v) is 2.05. The Hall–Kier alpha value is -0.570. The van der Waals surface area contributed by atoms with E-state index in [4.69, 9.17) is 9.84 Å². The predicted molar refractivity (Wildman–Crippen MR) is 47.1 cm³/mol. The van der Waals surface area contributed by atoms with Crippen LogP contribution in [0.1, 0.15) is 26.7 Å². The lowest BCUT2D eigenvalue weighted by atomic mass is 9.92. The minimum absolute atomic E-state index is 0.242. The predicted octanol–water partition coefficient (Wildman–Crippen LogP) is 1.77. The van der Waals surface area contributed by atoms with Crippen molar-refractivity contribution in [3.8, 4) is 0 Å². The third-order valence-electron chi connectivity index (χ3n) is 2.05. The Morgan fingerprint density at radius 1 is 1.50 bits per heavy atom. The smallest absolute Gasteiger partial charge is 0.303 e. The Morgan fingerprint density at radius 3 is 2.42 bits per heavy atom. The van der Waals surface area contributed by atoms with Crippen molar-refractivity contribution in [2.45, 2.75) is 26.7 Å². The maximum Gasteiger partial charge on any atom is 0.303 e. The van der Waals surface area contributed by atoms with Gasteiger partial charge in [-0.05, 0) is 18.3 Å². The van der Waals surface area contributed by atoms with Gasteiger partial charge in [0.25, 0.3) is 0 Å². The number of carbonyl (C=O) groups is 1. The molecule has 12 heavy (non-hydrogen) atoms. The van der Waals surface area contributed by atoms with Crippen LogP contribution in [-0.4, -0.2) is 24.8 Å². The second-order valence-corrected chi connectivity index (χ2v) is 3.39. The molecule has 0 heterocycles. The molecule has 1 atom stereocenters. The summed E-state index contributed by atoms with van der Waals surface area (Å²) in [5.41, 5.74) is 0.